The van der Waals surface area contributed by atoms with Gasteiger partial charge in [-0.1, -0.05) is 5.11 Å². The van der Waals surface area contributed by atoms with Gasteiger partial charge in [0.05, 0.1) is 11.3 Å². The molecule has 78 valence electrons. The first-order valence-corrected chi connectivity index (χ1v) is 4.65. The molecule has 1 unspecified atom stereocenters. The van der Waals surface area contributed by atoms with E-state index in [1.165, 1.54) is 0 Å². The van der Waals surface area contributed by atoms with E-state index in [4.69, 9.17) is 10.6 Å². The number of rotatable bonds is 3. The molecule has 1 aromatic rings. The van der Waals surface area contributed by atoms with E-state index < -0.39 is 17.0 Å². The Labute approximate surface area is 86.3 Å². The topological polar surface area (TPSA) is 126 Å². The zero-order valence-electron chi connectivity index (χ0n) is 7.15. The molecule has 0 aliphatic carbocycles. The predicted molar refractivity (Wildman–Crippen MR) is 49.4 cm³/mol. The standard InChI is InChI=1S/C7H5N3O4S/c8-10-9-6-3-4(15(13)14)1-2-5(6)7(11)12/h1-3H,(H,11,12)(H,13,14)/p-1. The maximum atomic E-state index is 10.6. The van der Waals surface area contributed by atoms with Gasteiger partial charge in [0.1, 0.15) is 0 Å². The Kier molecular flexibility index (Phi) is 3.40. The van der Waals surface area contributed by atoms with E-state index in [0.29, 0.717) is 0 Å². The second-order valence-corrected chi connectivity index (χ2v) is 3.35. The van der Waals surface area contributed by atoms with Crippen LogP contribution in [0, 0.1) is 0 Å². The van der Waals surface area contributed by atoms with Crippen LogP contribution in [0.25, 0.3) is 10.4 Å². The minimum Gasteiger partial charge on any atom is -0.768 e. The number of azide groups is 1. The molecule has 1 rings (SSSR count). The smallest absolute Gasteiger partial charge is 0.336 e. The molecule has 8 heteroatoms. The lowest BCUT2D eigenvalue weighted by molar-refractivity contribution is 0.0697. The first-order chi connectivity index (χ1) is 7.06. The van der Waals surface area contributed by atoms with Crippen molar-refractivity contribution in [1.29, 1.82) is 0 Å². The van der Waals surface area contributed by atoms with Crippen LogP contribution >= 0.6 is 0 Å². The molecule has 0 bridgehead atoms. The van der Waals surface area contributed by atoms with Crippen LogP contribution in [0.5, 0.6) is 0 Å². The molecule has 1 atom stereocenters. The maximum Gasteiger partial charge on any atom is 0.336 e. The van der Waals surface area contributed by atoms with Crippen molar-refractivity contribution in [3.05, 3.63) is 34.2 Å². The number of benzene rings is 1. The van der Waals surface area contributed by atoms with Gasteiger partial charge < -0.3 is 9.66 Å². The normalized spacial score (nSPS) is 11.5. The van der Waals surface area contributed by atoms with Crippen molar-refractivity contribution in [2.24, 2.45) is 5.11 Å². The largest absolute Gasteiger partial charge is 0.768 e. The molecule has 1 aromatic carbocycles. The highest BCUT2D eigenvalue weighted by Gasteiger charge is 2.09. The summed E-state index contributed by atoms with van der Waals surface area (Å²) in [5.41, 5.74) is 7.69. The highest BCUT2D eigenvalue weighted by molar-refractivity contribution is 7.79. The molecule has 0 fully saturated rings. The molecule has 0 aromatic heterocycles. The number of carboxylic acids is 1. The minimum absolute atomic E-state index is 0.137. The van der Waals surface area contributed by atoms with Gasteiger partial charge in [-0.05, 0) is 34.8 Å². The Balaban J connectivity index is 3.39. The number of carboxylic acid groups (broad SMARTS) is 1. The van der Waals surface area contributed by atoms with E-state index >= 15 is 0 Å². The van der Waals surface area contributed by atoms with Crippen molar-refractivity contribution < 1.29 is 18.7 Å². The molecule has 0 aliphatic rings. The third-order valence-electron chi connectivity index (χ3n) is 1.54. The van der Waals surface area contributed by atoms with Gasteiger partial charge in [-0.15, -0.1) is 0 Å². The minimum atomic E-state index is -2.49. The molecule has 15 heavy (non-hydrogen) atoms. The summed E-state index contributed by atoms with van der Waals surface area (Å²) in [4.78, 5) is 12.9. The fraction of sp³-hybridized carbons (Fsp3) is 0. The van der Waals surface area contributed by atoms with Gasteiger partial charge in [0.2, 0.25) is 0 Å². The van der Waals surface area contributed by atoms with Crippen LogP contribution in [0.3, 0.4) is 0 Å². The fourth-order valence-corrected chi connectivity index (χ4v) is 1.31. The van der Waals surface area contributed by atoms with Gasteiger partial charge in [0.15, 0.2) is 0 Å². The Bertz CT molecular complexity index is 481. The van der Waals surface area contributed by atoms with Crippen molar-refractivity contribution in [3.63, 3.8) is 0 Å². The highest BCUT2D eigenvalue weighted by Crippen LogP contribution is 2.22. The van der Waals surface area contributed by atoms with Crippen molar-refractivity contribution >= 4 is 22.7 Å². The summed E-state index contributed by atoms with van der Waals surface area (Å²) < 4.78 is 21.1. The van der Waals surface area contributed by atoms with Crippen molar-refractivity contribution in [2.45, 2.75) is 4.90 Å². The average Bonchev–Trinajstić information content (AvgIpc) is 2.17. The van der Waals surface area contributed by atoms with Crippen molar-refractivity contribution in [2.75, 3.05) is 0 Å². The number of aromatic carboxylic acids is 1. The Morgan fingerprint density at radius 1 is 1.60 bits per heavy atom. The zero-order valence-corrected chi connectivity index (χ0v) is 7.97. The molecule has 7 nitrogen and oxygen atoms in total. The maximum absolute atomic E-state index is 10.6. The third-order valence-corrected chi connectivity index (χ3v) is 2.18. The molecule has 0 heterocycles. The van der Waals surface area contributed by atoms with Gasteiger partial charge in [-0.2, -0.15) is 0 Å². The van der Waals surface area contributed by atoms with E-state index in [9.17, 15) is 13.6 Å². The SMILES string of the molecule is [N-]=[N+]=Nc1cc(S(=O)[O-])ccc1C(=O)O. The molecular weight excluding hydrogens is 222 g/mol. The Morgan fingerprint density at radius 2 is 2.27 bits per heavy atom. The molecule has 0 radical (unpaired) electrons. The number of hydrogen-bond donors (Lipinski definition) is 1. The monoisotopic (exact) mass is 226 g/mol. The van der Waals surface area contributed by atoms with E-state index in [2.05, 4.69) is 10.0 Å². The summed E-state index contributed by atoms with van der Waals surface area (Å²) in [5.74, 6) is -1.29. The first kappa shape index (κ1) is 11.2. The molecule has 0 aliphatic heterocycles. The van der Waals surface area contributed by atoms with Crippen molar-refractivity contribution in [3.8, 4) is 0 Å². The van der Waals surface area contributed by atoms with Crippen LogP contribution in [0.15, 0.2) is 28.2 Å². The summed E-state index contributed by atoms with van der Waals surface area (Å²) in [6, 6.07) is 3.17. The van der Waals surface area contributed by atoms with E-state index in [1.54, 1.807) is 0 Å². The van der Waals surface area contributed by atoms with E-state index in [-0.39, 0.29) is 16.1 Å². The van der Waals surface area contributed by atoms with Crippen LogP contribution in [-0.4, -0.2) is 19.8 Å². The molecule has 1 N–H and O–H groups in total. The van der Waals surface area contributed by atoms with Gasteiger partial charge in [-0.3, -0.25) is 4.21 Å². The first-order valence-electron chi connectivity index (χ1n) is 3.58. The van der Waals surface area contributed by atoms with Crippen LogP contribution in [0.4, 0.5) is 5.69 Å². The van der Waals surface area contributed by atoms with Crippen molar-refractivity contribution in [1.82, 2.24) is 0 Å². The molecule has 0 amide bonds. The van der Waals surface area contributed by atoms with Crippen LogP contribution in [-0.2, 0) is 11.1 Å². The summed E-state index contributed by atoms with van der Waals surface area (Å²) >= 11 is -2.49. The number of nitrogens with zero attached hydrogens (tertiary/aromatic N) is 3. The summed E-state index contributed by atoms with van der Waals surface area (Å²) in [6.45, 7) is 0. The Morgan fingerprint density at radius 3 is 2.73 bits per heavy atom. The van der Waals surface area contributed by atoms with Crippen LogP contribution in [0.1, 0.15) is 10.4 Å². The summed E-state index contributed by atoms with van der Waals surface area (Å²) in [5, 5.41) is 11.8. The molecular formula is C7H4N3O4S-. The van der Waals surface area contributed by atoms with Gasteiger partial charge in [0, 0.05) is 9.81 Å². The lowest BCUT2D eigenvalue weighted by atomic mass is 10.2. The zero-order chi connectivity index (χ0) is 11.4. The average molecular weight is 226 g/mol. The lowest BCUT2D eigenvalue weighted by Crippen LogP contribution is -1.98. The second kappa shape index (κ2) is 4.56. The molecule has 0 spiro atoms. The molecule has 0 saturated heterocycles. The number of hydrogen-bond acceptors (Lipinski definition) is 4. The lowest BCUT2D eigenvalue weighted by Gasteiger charge is -2.07. The molecule has 0 saturated carbocycles. The highest BCUT2D eigenvalue weighted by atomic mass is 32.2. The quantitative estimate of drug-likeness (QED) is 0.363. The third kappa shape index (κ3) is 2.53. The Hall–Kier alpha value is -1.89. The predicted octanol–water partition coefficient (Wildman–Crippen LogP) is 1.56. The summed E-state index contributed by atoms with van der Waals surface area (Å²) in [7, 11) is 0. The second-order valence-electron chi connectivity index (χ2n) is 2.41. The van der Waals surface area contributed by atoms with Crippen LogP contribution in [0.2, 0.25) is 0 Å². The fourth-order valence-electron chi connectivity index (χ4n) is 0.927. The summed E-state index contributed by atoms with van der Waals surface area (Å²) in [6.07, 6.45) is 0. The van der Waals surface area contributed by atoms with Gasteiger partial charge in [0.25, 0.3) is 0 Å². The van der Waals surface area contributed by atoms with Crippen LogP contribution < -0.4 is 0 Å². The number of carbonyl (C=O) groups is 1. The van der Waals surface area contributed by atoms with E-state index in [1.807, 2.05) is 0 Å². The van der Waals surface area contributed by atoms with Gasteiger partial charge >= 0.3 is 5.97 Å². The van der Waals surface area contributed by atoms with Gasteiger partial charge in [-0.25, -0.2) is 4.79 Å². The van der Waals surface area contributed by atoms with E-state index in [0.717, 1.165) is 18.2 Å².